The van der Waals surface area contributed by atoms with Crippen LogP contribution < -0.4 is 4.90 Å². The van der Waals surface area contributed by atoms with Gasteiger partial charge in [0, 0.05) is 30.5 Å². The Kier molecular flexibility index (Phi) is 3.82. The van der Waals surface area contributed by atoms with E-state index in [1.54, 1.807) is 11.3 Å². The van der Waals surface area contributed by atoms with Crippen molar-refractivity contribution in [1.29, 1.82) is 0 Å². The molecule has 0 aliphatic carbocycles. The topological polar surface area (TPSA) is 16.1 Å². The van der Waals surface area contributed by atoms with Crippen molar-refractivity contribution in [3.05, 3.63) is 11.6 Å². The molecule has 0 radical (unpaired) electrons. The molecule has 0 spiro atoms. The van der Waals surface area contributed by atoms with E-state index >= 15 is 0 Å². The zero-order chi connectivity index (χ0) is 8.97. The molecule has 12 heavy (non-hydrogen) atoms. The molecule has 4 heteroatoms. The second kappa shape index (κ2) is 4.67. The minimum Gasteiger partial charge on any atom is -0.351 e. The first-order valence-corrected chi connectivity index (χ1v) is 5.26. The highest BCUT2D eigenvalue weighted by Crippen LogP contribution is 2.16. The zero-order valence-electron chi connectivity index (χ0n) is 7.33. The molecule has 1 heterocycles. The predicted octanol–water partition coefficient (Wildman–Crippen LogP) is 2.60. The Balaban J connectivity index is 2.34. The van der Waals surface area contributed by atoms with Crippen LogP contribution in [0.15, 0.2) is 11.6 Å². The highest BCUT2D eigenvalue weighted by molar-refractivity contribution is 7.13. The summed E-state index contributed by atoms with van der Waals surface area (Å²) in [6, 6.07) is 0. The van der Waals surface area contributed by atoms with Crippen LogP contribution in [0.1, 0.15) is 13.3 Å². The van der Waals surface area contributed by atoms with Gasteiger partial charge >= 0.3 is 0 Å². The van der Waals surface area contributed by atoms with Gasteiger partial charge < -0.3 is 4.90 Å². The van der Waals surface area contributed by atoms with E-state index in [1.807, 2.05) is 25.5 Å². The molecule has 1 atom stereocenters. The summed E-state index contributed by atoms with van der Waals surface area (Å²) in [5.74, 6) is 0. The number of thiazole rings is 1. The molecule has 0 fully saturated rings. The summed E-state index contributed by atoms with van der Waals surface area (Å²) >= 11 is 7.49. The minimum atomic E-state index is 0.243. The Hall–Kier alpha value is -0.280. The quantitative estimate of drug-likeness (QED) is 0.701. The molecule has 68 valence electrons. The summed E-state index contributed by atoms with van der Waals surface area (Å²) in [6.07, 6.45) is 2.82. The highest BCUT2D eigenvalue weighted by atomic mass is 35.5. The minimum absolute atomic E-state index is 0.243. The Bertz CT molecular complexity index is 211. The molecular formula is C8H13ClN2S. The SMILES string of the molecule is CC(Cl)CCN(C)c1nccs1. The molecule has 0 aromatic carbocycles. The van der Waals surface area contributed by atoms with Crippen LogP contribution in [0, 0.1) is 0 Å². The van der Waals surface area contributed by atoms with Crippen LogP contribution in [0.3, 0.4) is 0 Å². The van der Waals surface area contributed by atoms with Gasteiger partial charge in [-0.1, -0.05) is 0 Å². The average molecular weight is 205 g/mol. The third-order valence-corrected chi connectivity index (χ3v) is 2.71. The van der Waals surface area contributed by atoms with Crippen molar-refractivity contribution >= 4 is 28.1 Å². The number of alkyl halides is 1. The number of hydrogen-bond donors (Lipinski definition) is 0. The fourth-order valence-electron chi connectivity index (χ4n) is 0.872. The van der Waals surface area contributed by atoms with E-state index in [2.05, 4.69) is 9.88 Å². The first-order chi connectivity index (χ1) is 5.70. The first-order valence-electron chi connectivity index (χ1n) is 3.95. The van der Waals surface area contributed by atoms with E-state index in [-0.39, 0.29) is 5.38 Å². The lowest BCUT2D eigenvalue weighted by molar-refractivity contribution is 0.771. The molecule has 0 saturated heterocycles. The van der Waals surface area contributed by atoms with Crippen LogP contribution in [-0.4, -0.2) is 24.0 Å². The number of rotatable bonds is 4. The largest absolute Gasteiger partial charge is 0.351 e. The lowest BCUT2D eigenvalue weighted by atomic mass is 10.3. The van der Waals surface area contributed by atoms with E-state index in [9.17, 15) is 0 Å². The van der Waals surface area contributed by atoms with Crippen LogP contribution in [0.5, 0.6) is 0 Å². The normalized spacial score (nSPS) is 12.9. The van der Waals surface area contributed by atoms with E-state index < -0.39 is 0 Å². The van der Waals surface area contributed by atoms with Crippen LogP contribution in [0.2, 0.25) is 0 Å². The molecule has 0 bridgehead atoms. The smallest absolute Gasteiger partial charge is 0.184 e. The Morgan fingerprint density at radius 3 is 3.00 bits per heavy atom. The summed E-state index contributed by atoms with van der Waals surface area (Å²) in [5, 5.41) is 3.29. The second-order valence-corrected chi connectivity index (χ2v) is 4.42. The van der Waals surface area contributed by atoms with Gasteiger partial charge in [-0.15, -0.1) is 22.9 Å². The van der Waals surface area contributed by atoms with Crippen molar-refractivity contribution in [2.75, 3.05) is 18.5 Å². The summed E-state index contributed by atoms with van der Waals surface area (Å²) in [5.41, 5.74) is 0. The molecule has 2 nitrogen and oxygen atoms in total. The number of aromatic nitrogens is 1. The third-order valence-electron chi connectivity index (χ3n) is 1.61. The van der Waals surface area contributed by atoms with Crippen LogP contribution in [-0.2, 0) is 0 Å². The number of hydrogen-bond acceptors (Lipinski definition) is 3. The molecule has 1 aromatic heterocycles. The molecule has 0 aliphatic heterocycles. The van der Waals surface area contributed by atoms with Gasteiger partial charge in [0.2, 0.25) is 0 Å². The number of nitrogens with zero attached hydrogens (tertiary/aromatic N) is 2. The van der Waals surface area contributed by atoms with Gasteiger partial charge in [-0.2, -0.15) is 0 Å². The fraction of sp³-hybridized carbons (Fsp3) is 0.625. The average Bonchev–Trinajstić information content (AvgIpc) is 2.51. The summed E-state index contributed by atoms with van der Waals surface area (Å²) < 4.78 is 0. The second-order valence-electron chi connectivity index (χ2n) is 2.81. The van der Waals surface area contributed by atoms with Gasteiger partial charge in [-0.3, -0.25) is 0 Å². The van der Waals surface area contributed by atoms with Gasteiger partial charge in [0.15, 0.2) is 5.13 Å². The third kappa shape index (κ3) is 2.99. The van der Waals surface area contributed by atoms with Crippen molar-refractivity contribution in [3.8, 4) is 0 Å². The van der Waals surface area contributed by atoms with E-state index in [1.165, 1.54) is 0 Å². The molecule has 1 rings (SSSR count). The summed E-state index contributed by atoms with van der Waals surface area (Å²) in [4.78, 5) is 6.32. The monoisotopic (exact) mass is 204 g/mol. The lowest BCUT2D eigenvalue weighted by Crippen LogP contribution is -2.20. The maximum atomic E-state index is 5.84. The van der Waals surface area contributed by atoms with Crippen LogP contribution >= 0.6 is 22.9 Å². The van der Waals surface area contributed by atoms with Crippen molar-refractivity contribution in [2.45, 2.75) is 18.7 Å². The van der Waals surface area contributed by atoms with Gasteiger partial charge in [0.05, 0.1) is 0 Å². The molecular weight excluding hydrogens is 192 g/mol. The van der Waals surface area contributed by atoms with Crippen molar-refractivity contribution in [3.63, 3.8) is 0 Å². The molecule has 1 unspecified atom stereocenters. The van der Waals surface area contributed by atoms with Gasteiger partial charge in [-0.05, 0) is 13.3 Å². The van der Waals surface area contributed by atoms with Crippen molar-refractivity contribution in [2.24, 2.45) is 0 Å². The van der Waals surface area contributed by atoms with Crippen molar-refractivity contribution < 1.29 is 0 Å². The Morgan fingerprint density at radius 1 is 1.75 bits per heavy atom. The molecule has 0 amide bonds. The van der Waals surface area contributed by atoms with Gasteiger partial charge in [-0.25, -0.2) is 4.98 Å². The lowest BCUT2D eigenvalue weighted by Gasteiger charge is -2.15. The summed E-state index contributed by atoms with van der Waals surface area (Å²) in [7, 11) is 2.04. The van der Waals surface area contributed by atoms with Crippen molar-refractivity contribution in [1.82, 2.24) is 4.98 Å². The number of anilines is 1. The number of halogens is 1. The first kappa shape index (κ1) is 9.81. The summed E-state index contributed by atoms with van der Waals surface area (Å²) in [6.45, 7) is 2.98. The standard InChI is InChI=1S/C8H13ClN2S/c1-7(9)3-5-11(2)8-10-4-6-12-8/h4,6-7H,3,5H2,1-2H3. The highest BCUT2D eigenvalue weighted by Gasteiger charge is 2.04. The van der Waals surface area contributed by atoms with Crippen LogP contribution in [0.4, 0.5) is 5.13 Å². The molecule has 0 saturated carbocycles. The molecule has 1 aromatic rings. The maximum Gasteiger partial charge on any atom is 0.184 e. The van der Waals surface area contributed by atoms with Gasteiger partial charge in [0.1, 0.15) is 0 Å². The van der Waals surface area contributed by atoms with E-state index in [0.717, 1.165) is 18.1 Å². The fourth-order valence-corrected chi connectivity index (χ4v) is 1.61. The van der Waals surface area contributed by atoms with E-state index in [4.69, 9.17) is 11.6 Å². The predicted molar refractivity (Wildman–Crippen MR) is 55.3 cm³/mol. The van der Waals surface area contributed by atoms with Gasteiger partial charge in [0.25, 0.3) is 0 Å². The maximum absolute atomic E-state index is 5.84. The van der Waals surface area contributed by atoms with Crippen LogP contribution in [0.25, 0.3) is 0 Å². The molecule has 0 aliphatic rings. The Morgan fingerprint density at radius 2 is 2.50 bits per heavy atom. The Labute approximate surface area is 82.2 Å². The zero-order valence-corrected chi connectivity index (χ0v) is 8.90. The molecule has 0 N–H and O–H groups in total. The van der Waals surface area contributed by atoms with E-state index in [0.29, 0.717) is 0 Å².